The number of ether oxygens (including phenoxy) is 1. The van der Waals surface area contributed by atoms with Crippen LogP contribution < -0.4 is 14.5 Å². The van der Waals surface area contributed by atoms with Crippen LogP contribution in [-0.2, 0) is 37.3 Å². The SMILES string of the molecule is CC(C)(C)c1cc(Oc2[c-]c3c(cc2)c2ccccc2n3-c2cc(C3(C)c4ccccc4-c4ccccc43)ccn2)[c-]c(N2[CH-]N(c3c(-c4ccccc4)cc(C(C)(C)C)cc3-c3ccccc3)c3ccccc32)c1.[Pt]. The van der Waals surface area contributed by atoms with E-state index in [1.807, 2.05) is 12.3 Å². The number of nitrogens with zero attached hydrogens (tertiary/aromatic N) is 4. The molecule has 76 heavy (non-hydrogen) atoms. The Hall–Kier alpha value is -7.98. The number of fused-ring (bicyclic) bond motifs is 7. The summed E-state index contributed by atoms with van der Waals surface area (Å²) >= 11 is 0. The third-order valence-corrected chi connectivity index (χ3v) is 15.5. The molecule has 0 saturated heterocycles. The van der Waals surface area contributed by atoms with Gasteiger partial charge < -0.3 is 19.1 Å². The van der Waals surface area contributed by atoms with Gasteiger partial charge in [0, 0.05) is 77.9 Å². The molecule has 0 radical (unpaired) electrons. The molecule has 0 saturated carbocycles. The number of hydrogen-bond acceptors (Lipinski definition) is 4. The molecule has 0 fully saturated rings. The molecule has 0 N–H and O–H groups in total. The minimum atomic E-state index is -0.372. The summed E-state index contributed by atoms with van der Waals surface area (Å²) in [4.78, 5) is 9.74. The molecule has 9 aromatic carbocycles. The van der Waals surface area contributed by atoms with Gasteiger partial charge in [0.15, 0.2) is 0 Å². The first-order valence-corrected chi connectivity index (χ1v) is 26.0. The van der Waals surface area contributed by atoms with Gasteiger partial charge >= 0.3 is 0 Å². The molecule has 0 amide bonds. The van der Waals surface area contributed by atoms with Crippen molar-refractivity contribution in [1.29, 1.82) is 0 Å². The predicted octanol–water partition coefficient (Wildman–Crippen LogP) is 18.2. The zero-order valence-electron chi connectivity index (χ0n) is 43.8. The van der Waals surface area contributed by atoms with Gasteiger partial charge in [-0.2, -0.15) is 6.07 Å². The van der Waals surface area contributed by atoms with Crippen molar-refractivity contribution in [3.63, 3.8) is 0 Å². The van der Waals surface area contributed by atoms with Gasteiger partial charge in [0.2, 0.25) is 0 Å². The van der Waals surface area contributed by atoms with Crippen molar-refractivity contribution >= 4 is 44.6 Å². The maximum absolute atomic E-state index is 7.01. The Labute approximate surface area is 461 Å². The molecule has 13 rings (SSSR count). The molecule has 0 unspecified atom stereocenters. The Kier molecular flexibility index (Phi) is 12.0. The Morgan fingerprint density at radius 2 is 1.05 bits per heavy atom. The maximum Gasteiger partial charge on any atom is 0.135 e. The van der Waals surface area contributed by atoms with E-state index in [-0.39, 0.29) is 37.3 Å². The molecular weight excluding hydrogens is 1110 g/mol. The van der Waals surface area contributed by atoms with Crippen molar-refractivity contribution in [3.8, 4) is 50.7 Å². The van der Waals surface area contributed by atoms with Gasteiger partial charge in [0.25, 0.3) is 0 Å². The standard InChI is InChI=1S/C70H57N4O.Pt/c1-68(2,3)49-38-51(72-45-73(64-33-21-20-32-63(64)72)67-58(46-22-10-8-11-23-46)40-50(69(4,5)6)41-59(67)47-24-12-9-13-25-47)43-53(39-49)75-52-34-35-57-56-28-16-19-31-62(56)74(65(57)44-52)66-42-48(36-37-71-66)70(7)60-29-17-14-26-54(60)55-27-15-18-30-61(55)70;/h8-42,45H,1-7H3;/q-3;. The molecule has 11 aromatic rings. The van der Waals surface area contributed by atoms with E-state index in [4.69, 9.17) is 9.72 Å². The Morgan fingerprint density at radius 1 is 0.500 bits per heavy atom. The van der Waals surface area contributed by atoms with E-state index in [0.29, 0.717) is 11.5 Å². The van der Waals surface area contributed by atoms with Crippen molar-refractivity contribution in [2.24, 2.45) is 0 Å². The number of anilines is 4. The predicted molar refractivity (Wildman–Crippen MR) is 310 cm³/mol. The zero-order valence-corrected chi connectivity index (χ0v) is 46.1. The first-order chi connectivity index (χ1) is 36.3. The van der Waals surface area contributed by atoms with Crippen LogP contribution in [0.1, 0.15) is 76.3 Å². The average Bonchev–Trinajstić information content (AvgIpc) is 4.23. The maximum atomic E-state index is 7.01. The molecule has 0 bridgehead atoms. The summed E-state index contributed by atoms with van der Waals surface area (Å²) < 4.78 is 9.25. The fourth-order valence-electron chi connectivity index (χ4n) is 11.5. The average molecular weight is 1170 g/mol. The Morgan fingerprint density at radius 3 is 1.68 bits per heavy atom. The summed E-state index contributed by atoms with van der Waals surface area (Å²) in [6.45, 7) is 18.2. The summed E-state index contributed by atoms with van der Waals surface area (Å²) in [5.74, 6) is 2.02. The van der Waals surface area contributed by atoms with Gasteiger partial charge in [-0.25, -0.2) is 4.98 Å². The van der Waals surface area contributed by atoms with Gasteiger partial charge in [-0.3, -0.25) is 0 Å². The number of benzene rings is 9. The largest absolute Gasteiger partial charge is 0.509 e. The summed E-state index contributed by atoms with van der Waals surface area (Å²) in [5.41, 5.74) is 18.8. The molecule has 2 aromatic heterocycles. The summed E-state index contributed by atoms with van der Waals surface area (Å²) in [5, 5.41) is 2.20. The fourth-order valence-corrected chi connectivity index (χ4v) is 11.5. The Bertz CT molecular complexity index is 3910. The molecular formula is C70H57N4OPt-3. The van der Waals surface area contributed by atoms with E-state index >= 15 is 0 Å². The van der Waals surface area contributed by atoms with Crippen LogP contribution in [0.5, 0.6) is 11.5 Å². The van der Waals surface area contributed by atoms with Crippen LogP contribution in [0.15, 0.2) is 212 Å². The van der Waals surface area contributed by atoms with Crippen molar-refractivity contribution in [3.05, 3.63) is 259 Å². The third kappa shape index (κ3) is 8.15. The molecule has 0 spiro atoms. The van der Waals surface area contributed by atoms with Gasteiger partial charge in [-0.15, -0.1) is 53.6 Å². The first-order valence-electron chi connectivity index (χ1n) is 26.0. The second kappa shape index (κ2) is 18.7. The van der Waals surface area contributed by atoms with Gasteiger partial charge in [0.1, 0.15) is 5.82 Å². The molecule has 1 aliphatic heterocycles. The van der Waals surface area contributed by atoms with Gasteiger partial charge in [-0.05, 0) is 110 Å². The van der Waals surface area contributed by atoms with E-state index in [1.165, 1.54) is 44.5 Å². The van der Waals surface area contributed by atoms with Crippen molar-refractivity contribution in [2.75, 3.05) is 9.80 Å². The van der Waals surface area contributed by atoms with E-state index < -0.39 is 0 Å². The molecule has 5 nitrogen and oxygen atoms in total. The molecule has 0 atom stereocenters. The fraction of sp³-hybridized carbons (Fsp3) is 0.143. The summed E-state index contributed by atoms with van der Waals surface area (Å²) in [7, 11) is 0. The van der Waals surface area contributed by atoms with Crippen LogP contribution >= 0.6 is 0 Å². The molecule has 3 heterocycles. The monoisotopic (exact) mass is 1160 g/mol. The van der Waals surface area contributed by atoms with E-state index in [1.54, 1.807) is 0 Å². The second-order valence-electron chi connectivity index (χ2n) is 22.3. The minimum absolute atomic E-state index is 0. The number of para-hydroxylation sites is 3. The quantitative estimate of drug-likeness (QED) is 0.142. The summed E-state index contributed by atoms with van der Waals surface area (Å²) in [6, 6.07) is 81.8. The zero-order chi connectivity index (χ0) is 51.2. The number of hydrogen-bond donors (Lipinski definition) is 0. The van der Waals surface area contributed by atoms with E-state index in [9.17, 15) is 0 Å². The van der Waals surface area contributed by atoms with Crippen molar-refractivity contribution in [2.45, 2.75) is 64.7 Å². The second-order valence-corrected chi connectivity index (χ2v) is 22.3. The minimum Gasteiger partial charge on any atom is -0.509 e. The number of rotatable bonds is 8. The first kappa shape index (κ1) is 48.9. The van der Waals surface area contributed by atoms with E-state index in [2.05, 4.69) is 282 Å². The van der Waals surface area contributed by atoms with E-state index in [0.717, 1.165) is 67.1 Å². The van der Waals surface area contributed by atoms with Gasteiger partial charge in [-0.1, -0.05) is 187 Å². The van der Waals surface area contributed by atoms with Gasteiger partial charge in [0.05, 0.1) is 0 Å². The summed E-state index contributed by atoms with van der Waals surface area (Å²) in [6.07, 6.45) is 1.95. The Balaban J connectivity index is 0.00000582. The van der Waals surface area contributed by atoms with Crippen LogP contribution in [-0.4, -0.2) is 9.55 Å². The van der Waals surface area contributed by atoms with Crippen LogP contribution in [0.3, 0.4) is 0 Å². The van der Waals surface area contributed by atoms with Crippen LogP contribution in [0.2, 0.25) is 0 Å². The molecule has 1 aliphatic carbocycles. The normalized spacial score (nSPS) is 13.6. The van der Waals surface area contributed by atoms with Crippen LogP contribution in [0.25, 0.3) is 61.0 Å². The smallest absolute Gasteiger partial charge is 0.135 e. The molecule has 6 heteroatoms. The van der Waals surface area contributed by atoms with Crippen LogP contribution in [0.4, 0.5) is 22.7 Å². The molecule has 2 aliphatic rings. The third-order valence-electron chi connectivity index (χ3n) is 15.5. The topological polar surface area (TPSA) is 33.5 Å². The van der Waals surface area contributed by atoms with Crippen molar-refractivity contribution < 1.29 is 25.8 Å². The van der Waals surface area contributed by atoms with Crippen molar-refractivity contribution in [1.82, 2.24) is 9.55 Å². The number of aromatic nitrogens is 2. The number of pyridine rings is 1. The van der Waals surface area contributed by atoms with Crippen LogP contribution in [0, 0.1) is 18.8 Å². The molecule has 376 valence electrons.